The summed E-state index contributed by atoms with van der Waals surface area (Å²) >= 11 is 0. The molecule has 2 amide bonds. The van der Waals surface area contributed by atoms with Crippen molar-refractivity contribution < 1.29 is 9.59 Å². The van der Waals surface area contributed by atoms with Crippen LogP contribution >= 0.6 is 0 Å². The van der Waals surface area contributed by atoms with Crippen LogP contribution in [0.1, 0.15) is 24.8 Å². The SMILES string of the molecule is Cc1ccc(N)c(N2C(=O)C3CCCC3C2=O)c1. The molecule has 0 spiro atoms. The minimum absolute atomic E-state index is 0.0696. The van der Waals surface area contributed by atoms with E-state index in [4.69, 9.17) is 5.73 Å². The van der Waals surface area contributed by atoms with Gasteiger partial charge in [-0.05, 0) is 37.5 Å². The summed E-state index contributed by atoms with van der Waals surface area (Å²) < 4.78 is 0. The number of amides is 2. The molecule has 3 rings (SSSR count). The molecular formula is C14H16N2O2. The van der Waals surface area contributed by atoms with Gasteiger partial charge >= 0.3 is 0 Å². The number of carbonyl (C=O) groups is 2. The Hall–Kier alpha value is -1.84. The van der Waals surface area contributed by atoms with Crippen molar-refractivity contribution in [3.05, 3.63) is 23.8 Å². The number of rotatable bonds is 1. The highest BCUT2D eigenvalue weighted by atomic mass is 16.2. The molecule has 2 atom stereocenters. The second-order valence-corrected chi connectivity index (χ2v) is 5.22. The van der Waals surface area contributed by atoms with E-state index in [1.165, 1.54) is 4.90 Å². The smallest absolute Gasteiger partial charge is 0.237 e. The van der Waals surface area contributed by atoms with Gasteiger partial charge in [-0.3, -0.25) is 9.59 Å². The lowest BCUT2D eigenvalue weighted by Crippen LogP contribution is -2.32. The Balaban J connectivity index is 2.05. The molecule has 2 unspecified atom stereocenters. The Labute approximate surface area is 106 Å². The molecule has 0 aromatic heterocycles. The van der Waals surface area contributed by atoms with Crippen molar-refractivity contribution in [2.45, 2.75) is 26.2 Å². The fourth-order valence-electron chi connectivity index (χ4n) is 3.08. The number of imide groups is 1. The van der Waals surface area contributed by atoms with Crippen molar-refractivity contribution in [3.8, 4) is 0 Å². The van der Waals surface area contributed by atoms with Gasteiger partial charge < -0.3 is 5.73 Å². The van der Waals surface area contributed by atoms with Gasteiger partial charge in [0.05, 0.1) is 23.2 Å². The van der Waals surface area contributed by atoms with Crippen molar-refractivity contribution in [3.63, 3.8) is 0 Å². The second kappa shape index (κ2) is 3.83. The average Bonchev–Trinajstić information content (AvgIpc) is 2.89. The topological polar surface area (TPSA) is 63.4 Å². The monoisotopic (exact) mass is 244 g/mol. The number of carbonyl (C=O) groups excluding carboxylic acids is 2. The molecule has 94 valence electrons. The van der Waals surface area contributed by atoms with E-state index in [9.17, 15) is 9.59 Å². The Morgan fingerprint density at radius 1 is 1.17 bits per heavy atom. The van der Waals surface area contributed by atoms with Gasteiger partial charge in [0.15, 0.2) is 0 Å². The fourth-order valence-corrected chi connectivity index (χ4v) is 3.08. The molecule has 2 aliphatic rings. The van der Waals surface area contributed by atoms with Gasteiger partial charge in [-0.25, -0.2) is 4.90 Å². The van der Waals surface area contributed by atoms with E-state index >= 15 is 0 Å². The first-order valence-electron chi connectivity index (χ1n) is 6.33. The molecule has 0 radical (unpaired) electrons. The van der Waals surface area contributed by atoms with Crippen LogP contribution in [0.25, 0.3) is 0 Å². The van der Waals surface area contributed by atoms with Crippen molar-refractivity contribution in [1.82, 2.24) is 0 Å². The van der Waals surface area contributed by atoms with E-state index in [1.807, 2.05) is 19.1 Å². The van der Waals surface area contributed by atoms with Crippen LogP contribution in [-0.2, 0) is 9.59 Å². The van der Waals surface area contributed by atoms with E-state index in [-0.39, 0.29) is 23.7 Å². The first kappa shape index (κ1) is 11.3. The van der Waals surface area contributed by atoms with Gasteiger partial charge in [-0.15, -0.1) is 0 Å². The van der Waals surface area contributed by atoms with Crippen LogP contribution in [0.3, 0.4) is 0 Å². The molecule has 2 fully saturated rings. The summed E-state index contributed by atoms with van der Waals surface area (Å²) in [5, 5.41) is 0. The number of benzene rings is 1. The molecule has 1 aromatic carbocycles. The minimum Gasteiger partial charge on any atom is -0.397 e. The van der Waals surface area contributed by atoms with Gasteiger partial charge in [-0.1, -0.05) is 12.5 Å². The maximum Gasteiger partial charge on any atom is 0.237 e. The molecular weight excluding hydrogens is 228 g/mol. The Kier molecular flexibility index (Phi) is 2.40. The molecule has 1 aliphatic carbocycles. The van der Waals surface area contributed by atoms with Crippen LogP contribution < -0.4 is 10.6 Å². The number of nitrogens with two attached hydrogens (primary N) is 1. The fraction of sp³-hybridized carbons (Fsp3) is 0.429. The van der Waals surface area contributed by atoms with E-state index in [0.717, 1.165) is 24.8 Å². The summed E-state index contributed by atoms with van der Waals surface area (Å²) in [6, 6.07) is 5.44. The van der Waals surface area contributed by atoms with Crippen molar-refractivity contribution >= 4 is 23.2 Å². The summed E-state index contributed by atoms with van der Waals surface area (Å²) in [6.07, 6.45) is 2.64. The van der Waals surface area contributed by atoms with E-state index in [1.54, 1.807) is 6.07 Å². The van der Waals surface area contributed by atoms with Gasteiger partial charge in [0.2, 0.25) is 11.8 Å². The summed E-state index contributed by atoms with van der Waals surface area (Å²) in [5.74, 6) is -0.366. The predicted octanol–water partition coefficient (Wildman–Crippen LogP) is 1.87. The molecule has 1 heterocycles. The summed E-state index contributed by atoms with van der Waals surface area (Å²) in [5.41, 5.74) is 7.94. The highest BCUT2D eigenvalue weighted by molar-refractivity contribution is 6.23. The van der Waals surface area contributed by atoms with Crippen molar-refractivity contribution in [2.24, 2.45) is 11.8 Å². The predicted molar refractivity (Wildman–Crippen MR) is 68.9 cm³/mol. The third-order valence-corrected chi connectivity index (χ3v) is 4.02. The number of fused-ring (bicyclic) bond motifs is 1. The summed E-state index contributed by atoms with van der Waals surface area (Å²) in [4.78, 5) is 25.9. The molecule has 1 saturated carbocycles. The number of nitrogens with zero attached hydrogens (tertiary/aromatic N) is 1. The van der Waals surface area contributed by atoms with Gasteiger partial charge in [0, 0.05) is 0 Å². The standard InChI is InChI=1S/C14H16N2O2/c1-8-5-6-11(15)12(7-8)16-13(17)9-3-2-4-10(9)14(16)18/h5-7,9-10H,2-4,15H2,1H3. The molecule has 1 saturated heterocycles. The summed E-state index contributed by atoms with van der Waals surface area (Å²) in [6.45, 7) is 1.93. The highest BCUT2D eigenvalue weighted by Crippen LogP contribution is 2.42. The molecule has 2 N–H and O–H groups in total. The largest absolute Gasteiger partial charge is 0.397 e. The van der Waals surface area contributed by atoms with Gasteiger partial charge in [0.25, 0.3) is 0 Å². The number of hydrogen-bond acceptors (Lipinski definition) is 3. The zero-order valence-electron chi connectivity index (χ0n) is 10.3. The van der Waals surface area contributed by atoms with Crippen LogP contribution in [0.4, 0.5) is 11.4 Å². The van der Waals surface area contributed by atoms with Gasteiger partial charge in [0.1, 0.15) is 0 Å². The average molecular weight is 244 g/mol. The van der Waals surface area contributed by atoms with Crippen LogP contribution in [-0.4, -0.2) is 11.8 Å². The van der Waals surface area contributed by atoms with E-state index in [2.05, 4.69) is 0 Å². The van der Waals surface area contributed by atoms with Crippen LogP contribution in [0.15, 0.2) is 18.2 Å². The molecule has 4 nitrogen and oxygen atoms in total. The first-order valence-corrected chi connectivity index (χ1v) is 6.33. The van der Waals surface area contributed by atoms with Crippen LogP contribution in [0.2, 0.25) is 0 Å². The van der Waals surface area contributed by atoms with Crippen LogP contribution in [0.5, 0.6) is 0 Å². The zero-order valence-corrected chi connectivity index (χ0v) is 10.3. The minimum atomic E-state index is -0.114. The molecule has 18 heavy (non-hydrogen) atoms. The number of anilines is 2. The van der Waals surface area contributed by atoms with Crippen molar-refractivity contribution in [2.75, 3.05) is 10.6 Å². The molecule has 4 heteroatoms. The lowest BCUT2D eigenvalue weighted by Gasteiger charge is -2.18. The number of nitrogen functional groups attached to an aromatic ring is 1. The number of hydrogen-bond donors (Lipinski definition) is 1. The molecule has 0 bridgehead atoms. The van der Waals surface area contributed by atoms with E-state index < -0.39 is 0 Å². The maximum absolute atomic E-state index is 12.3. The quantitative estimate of drug-likeness (QED) is 0.606. The Morgan fingerprint density at radius 2 is 1.78 bits per heavy atom. The Morgan fingerprint density at radius 3 is 2.39 bits per heavy atom. The first-order chi connectivity index (χ1) is 8.59. The third kappa shape index (κ3) is 1.45. The number of aryl methyl sites for hydroxylation is 1. The third-order valence-electron chi connectivity index (χ3n) is 4.02. The maximum atomic E-state index is 12.3. The second-order valence-electron chi connectivity index (χ2n) is 5.22. The van der Waals surface area contributed by atoms with E-state index in [0.29, 0.717) is 11.4 Å². The Bertz CT molecular complexity index is 517. The van der Waals surface area contributed by atoms with Crippen molar-refractivity contribution in [1.29, 1.82) is 0 Å². The lowest BCUT2D eigenvalue weighted by molar-refractivity contribution is -0.122. The van der Waals surface area contributed by atoms with Gasteiger partial charge in [-0.2, -0.15) is 0 Å². The zero-order chi connectivity index (χ0) is 12.9. The van der Waals surface area contributed by atoms with Crippen LogP contribution in [0, 0.1) is 18.8 Å². The molecule has 1 aromatic rings. The summed E-state index contributed by atoms with van der Waals surface area (Å²) in [7, 11) is 0. The lowest BCUT2D eigenvalue weighted by atomic mass is 10.00. The highest BCUT2D eigenvalue weighted by Gasteiger charge is 2.50. The normalized spacial score (nSPS) is 26.8. The molecule has 1 aliphatic heterocycles.